The predicted molar refractivity (Wildman–Crippen MR) is 157 cm³/mol. The lowest BCUT2D eigenvalue weighted by Gasteiger charge is -2.16. The van der Waals surface area contributed by atoms with Gasteiger partial charge in [-0.1, -0.05) is 41.4 Å². The summed E-state index contributed by atoms with van der Waals surface area (Å²) in [5, 5.41) is 20.5. The number of nitrogens with one attached hydrogen (secondary N) is 2. The molecule has 238 valence electrons. The smallest absolute Gasteiger partial charge is 0.387 e. The predicted octanol–water partition coefficient (Wildman–Crippen LogP) is 5.64. The fourth-order valence-corrected chi connectivity index (χ4v) is 4.79. The molecule has 0 unspecified atom stereocenters. The van der Waals surface area contributed by atoms with Crippen LogP contribution in [0.1, 0.15) is 49.9 Å². The van der Waals surface area contributed by atoms with Gasteiger partial charge in [-0.3, -0.25) is 9.59 Å². The summed E-state index contributed by atoms with van der Waals surface area (Å²) >= 11 is 12.6. The van der Waals surface area contributed by atoms with E-state index in [1.807, 2.05) is 0 Å². The number of para-hydroxylation sites is 1. The van der Waals surface area contributed by atoms with Crippen LogP contribution in [-0.4, -0.2) is 53.4 Å². The van der Waals surface area contributed by atoms with Crippen LogP contribution in [-0.2, 0) is 13.1 Å². The van der Waals surface area contributed by atoms with Gasteiger partial charge in [0.25, 0.3) is 11.8 Å². The molecular weight excluding hydrogens is 657 g/mol. The van der Waals surface area contributed by atoms with Crippen LogP contribution in [0.2, 0.25) is 10.0 Å². The fourth-order valence-electron chi connectivity index (χ4n) is 4.32. The average Bonchev–Trinajstić information content (AvgIpc) is 3.65. The number of amides is 2. The van der Waals surface area contributed by atoms with Gasteiger partial charge in [-0.25, -0.2) is 18.4 Å². The molecular formula is C28H21Cl2F4N9O3. The fraction of sp³-hybridized carbons (Fsp3) is 0.179. The Morgan fingerprint density at radius 1 is 1.00 bits per heavy atom. The molecule has 2 amide bonds. The number of anilines is 1. The van der Waals surface area contributed by atoms with Crippen LogP contribution >= 0.6 is 23.2 Å². The van der Waals surface area contributed by atoms with Gasteiger partial charge in [0.1, 0.15) is 18.0 Å². The molecule has 0 fully saturated rings. The zero-order valence-corrected chi connectivity index (χ0v) is 25.0. The first-order chi connectivity index (χ1) is 22.0. The van der Waals surface area contributed by atoms with Gasteiger partial charge in [-0.2, -0.15) is 18.7 Å². The summed E-state index contributed by atoms with van der Waals surface area (Å²) in [6.45, 7) is -1.87. The summed E-state index contributed by atoms with van der Waals surface area (Å²) in [5.74, 6) is -2.25. The molecule has 0 saturated carbocycles. The van der Waals surface area contributed by atoms with Crippen LogP contribution < -0.4 is 15.4 Å². The quantitative estimate of drug-likeness (QED) is 0.171. The van der Waals surface area contributed by atoms with Gasteiger partial charge in [0, 0.05) is 23.3 Å². The number of aromatic nitrogens is 7. The SMILES string of the molecule is Cc1cc(Cl)cc(C(=O)NCc2ccccc2OC(F)F)c1NC(=O)c1cc(Cn2nnc(C(F)F)n2)nn1-c1ncccc1Cl. The first-order valence-electron chi connectivity index (χ1n) is 13.2. The van der Waals surface area contributed by atoms with Gasteiger partial charge in [-0.15, -0.1) is 10.2 Å². The standard InChI is InChI=1S/C28H21Cl2F4N9O3/c1-14-9-16(29)10-18(26(44)36-12-15-5-2-3-7-21(15)46-28(33)34)22(14)37-27(45)20-11-17(13-42-40-24(23(31)32)38-41-42)39-43(20)25-19(30)6-4-8-35-25/h2-11,23,28H,12-13H2,1H3,(H,36,44)(H,37,45). The lowest BCUT2D eigenvalue weighted by molar-refractivity contribution is -0.0504. The van der Waals surface area contributed by atoms with Gasteiger partial charge < -0.3 is 15.4 Å². The number of halogens is 6. The summed E-state index contributed by atoms with van der Waals surface area (Å²) < 4.78 is 57.3. The highest BCUT2D eigenvalue weighted by molar-refractivity contribution is 6.32. The van der Waals surface area contributed by atoms with Crippen molar-refractivity contribution < 1.29 is 31.9 Å². The monoisotopic (exact) mass is 677 g/mol. The molecule has 5 rings (SSSR count). The van der Waals surface area contributed by atoms with Gasteiger partial charge >= 0.3 is 13.0 Å². The number of alkyl halides is 4. The Labute approximate surface area is 267 Å². The number of benzene rings is 2. The molecule has 0 spiro atoms. The van der Waals surface area contributed by atoms with E-state index < -0.39 is 30.7 Å². The van der Waals surface area contributed by atoms with E-state index in [1.54, 1.807) is 19.1 Å². The summed E-state index contributed by atoms with van der Waals surface area (Å²) in [7, 11) is 0. The minimum absolute atomic E-state index is 0.0286. The number of pyridine rings is 1. The topological polar surface area (TPSA) is 142 Å². The molecule has 0 aliphatic rings. The van der Waals surface area contributed by atoms with Crippen LogP contribution in [0.25, 0.3) is 5.82 Å². The van der Waals surface area contributed by atoms with E-state index in [4.69, 9.17) is 23.2 Å². The van der Waals surface area contributed by atoms with E-state index in [2.05, 4.69) is 40.9 Å². The number of hydrogen-bond acceptors (Lipinski definition) is 8. The molecule has 0 radical (unpaired) electrons. The Hall–Kier alpha value is -5.09. The van der Waals surface area contributed by atoms with Gasteiger partial charge in [0.2, 0.25) is 5.82 Å². The largest absolute Gasteiger partial charge is 0.434 e. The third kappa shape index (κ3) is 7.40. The zero-order valence-electron chi connectivity index (χ0n) is 23.5. The Balaban J connectivity index is 1.45. The molecule has 0 aliphatic heterocycles. The van der Waals surface area contributed by atoms with Gasteiger partial charge in [0.05, 0.1) is 22.0 Å². The minimum atomic E-state index is -3.06. The number of aryl methyl sites for hydroxylation is 1. The molecule has 5 aromatic rings. The Bertz CT molecular complexity index is 1900. The maximum absolute atomic E-state index is 13.8. The van der Waals surface area contributed by atoms with Crippen LogP contribution in [0.15, 0.2) is 60.8 Å². The van der Waals surface area contributed by atoms with Crippen molar-refractivity contribution in [3.63, 3.8) is 0 Å². The van der Waals surface area contributed by atoms with E-state index in [9.17, 15) is 27.2 Å². The van der Waals surface area contributed by atoms with E-state index in [0.29, 0.717) is 5.56 Å². The second-order valence-corrected chi connectivity index (χ2v) is 10.3. The maximum Gasteiger partial charge on any atom is 0.387 e. The number of rotatable bonds is 11. The third-order valence-electron chi connectivity index (χ3n) is 6.31. The van der Waals surface area contributed by atoms with Gasteiger partial charge in [0.15, 0.2) is 5.82 Å². The summed E-state index contributed by atoms with van der Waals surface area (Å²) in [6, 6.07) is 13.2. The molecule has 2 N–H and O–H groups in total. The molecule has 3 heterocycles. The van der Waals surface area contributed by atoms with Crippen LogP contribution in [0, 0.1) is 6.92 Å². The lowest BCUT2D eigenvalue weighted by Crippen LogP contribution is -2.26. The number of ether oxygens (including phenoxy) is 1. The van der Waals surface area contributed by atoms with E-state index >= 15 is 0 Å². The molecule has 0 atom stereocenters. The first-order valence-corrected chi connectivity index (χ1v) is 13.9. The maximum atomic E-state index is 13.8. The molecule has 0 bridgehead atoms. The van der Waals surface area contributed by atoms with E-state index in [1.165, 1.54) is 48.7 Å². The van der Waals surface area contributed by atoms with Crippen molar-refractivity contribution in [3.05, 3.63) is 105 Å². The van der Waals surface area contributed by atoms with Crippen LogP contribution in [0.4, 0.5) is 23.2 Å². The molecule has 0 saturated heterocycles. The normalized spacial score (nSPS) is 11.2. The lowest BCUT2D eigenvalue weighted by atomic mass is 10.1. The third-order valence-corrected chi connectivity index (χ3v) is 6.82. The number of hydrogen-bond donors (Lipinski definition) is 2. The minimum Gasteiger partial charge on any atom is -0.434 e. The number of nitrogens with zero attached hydrogens (tertiary/aromatic N) is 7. The highest BCUT2D eigenvalue weighted by Crippen LogP contribution is 2.28. The van der Waals surface area contributed by atoms with Crippen molar-refractivity contribution >= 4 is 40.7 Å². The Kier molecular flexibility index (Phi) is 9.77. The molecule has 0 aliphatic carbocycles. The first kappa shape index (κ1) is 32.3. The highest BCUT2D eigenvalue weighted by Gasteiger charge is 2.24. The number of carbonyl (C=O) groups is 2. The summed E-state index contributed by atoms with van der Waals surface area (Å²) in [4.78, 5) is 32.2. The molecule has 3 aromatic heterocycles. The van der Waals surface area contributed by atoms with E-state index in [-0.39, 0.29) is 62.9 Å². The van der Waals surface area contributed by atoms with Crippen LogP contribution in [0.5, 0.6) is 5.75 Å². The summed E-state index contributed by atoms with van der Waals surface area (Å²) in [5.41, 5.74) is 0.834. The van der Waals surface area contributed by atoms with Crippen molar-refractivity contribution in [2.45, 2.75) is 33.1 Å². The Morgan fingerprint density at radius 2 is 1.78 bits per heavy atom. The van der Waals surface area contributed by atoms with E-state index in [0.717, 1.165) is 9.48 Å². The van der Waals surface area contributed by atoms with Crippen molar-refractivity contribution in [2.24, 2.45) is 0 Å². The second-order valence-electron chi connectivity index (χ2n) is 9.49. The molecule has 18 heteroatoms. The van der Waals surface area contributed by atoms with Crippen molar-refractivity contribution in [1.82, 2.24) is 40.3 Å². The summed E-state index contributed by atoms with van der Waals surface area (Å²) in [6.07, 6.45) is -1.51. The number of carbonyl (C=O) groups excluding carboxylic acids is 2. The highest BCUT2D eigenvalue weighted by atomic mass is 35.5. The Morgan fingerprint density at radius 3 is 2.50 bits per heavy atom. The number of tetrazole rings is 1. The zero-order chi connectivity index (χ0) is 33.0. The molecule has 46 heavy (non-hydrogen) atoms. The van der Waals surface area contributed by atoms with Crippen LogP contribution in [0.3, 0.4) is 0 Å². The van der Waals surface area contributed by atoms with Crippen molar-refractivity contribution in [1.29, 1.82) is 0 Å². The second kappa shape index (κ2) is 13.9. The van der Waals surface area contributed by atoms with Crippen molar-refractivity contribution in [3.8, 4) is 11.6 Å². The van der Waals surface area contributed by atoms with Crippen molar-refractivity contribution in [2.75, 3.05) is 5.32 Å². The molecule has 12 nitrogen and oxygen atoms in total. The van der Waals surface area contributed by atoms with Gasteiger partial charge in [-0.05, 0) is 54.1 Å². The average molecular weight is 678 g/mol. The molecule has 2 aromatic carbocycles.